The molecule has 2 N–H and O–H groups in total. The van der Waals surface area contributed by atoms with Crippen molar-refractivity contribution in [3.8, 4) is 11.5 Å². The number of ether oxygens (including phenoxy) is 1. The van der Waals surface area contributed by atoms with Crippen LogP contribution in [0.15, 0.2) is 50.4 Å². The quantitative estimate of drug-likeness (QED) is 0.577. The predicted octanol–water partition coefficient (Wildman–Crippen LogP) is 3.69. The minimum atomic E-state index is -0.356. The van der Waals surface area contributed by atoms with Crippen LogP contribution in [0.25, 0.3) is 0 Å². The van der Waals surface area contributed by atoms with Gasteiger partial charge in [-0.3, -0.25) is 4.79 Å². The summed E-state index contributed by atoms with van der Waals surface area (Å²) in [6.45, 7) is 0. The van der Waals surface area contributed by atoms with Crippen LogP contribution < -0.4 is 10.2 Å². The number of phenolic OH excluding ortho intramolecular Hbond substituents is 1. The smallest absolute Gasteiger partial charge is 0.272 e. The average Bonchev–Trinajstić information content (AvgIpc) is 2.50. The summed E-state index contributed by atoms with van der Waals surface area (Å²) in [6, 6.07) is 10.3. The Morgan fingerprint density at radius 3 is 2.73 bits per heavy atom. The molecule has 0 unspecified atom stereocenters. The van der Waals surface area contributed by atoms with Crippen molar-refractivity contribution in [3.63, 3.8) is 0 Å². The van der Waals surface area contributed by atoms with Gasteiger partial charge in [-0.1, -0.05) is 28.1 Å². The lowest BCUT2D eigenvalue weighted by Crippen LogP contribution is -2.18. The van der Waals surface area contributed by atoms with Crippen LogP contribution in [0, 0.1) is 0 Å². The Hall–Kier alpha value is -1.86. The highest BCUT2D eigenvalue weighted by Crippen LogP contribution is 2.32. The van der Waals surface area contributed by atoms with E-state index in [4.69, 9.17) is 4.74 Å². The summed E-state index contributed by atoms with van der Waals surface area (Å²) >= 11 is 6.61. The van der Waals surface area contributed by atoms with Crippen LogP contribution in [0.5, 0.6) is 11.5 Å². The van der Waals surface area contributed by atoms with E-state index in [0.717, 1.165) is 4.47 Å². The molecule has 0 saturated carbocycles. The van der Waals surface area contributed by atoms with Gasteiger partial charge in [0.15, 0.2) is 11.5 Å². The maximum Gasteiger partial charge on any atom is 0.272 e. The predicted molar refractivity (Wildman–Crippen MR) is 91.6 cm³/mol. The fraction of sp³-hybridized carbons (Fsp3) is 0.0667. The van der Waals surface area contributed by atoms with Crippen LogP contribution in [0.2, 0.25) is 0 Å². The lowest BCUT2D eigenvalue weighted by atomic mass is 10.2. The third kappa shape index (κ3) is 3.86. The molecule has 0 atom stereocenters. The van der Waals surface area contributed by atoms with Crippen molar-refractivity contribution in [2.24, 2.45) is 5.10 Å². The Bertz CT molecular complexity index is 733. The third-order valence-electron chi connectivity index (χ3n) is 2.78. The molecule has 0 spiro atoms. The molecule has 1 amide bonds. The fourth-order valence-electron chi connectivity index (χ4n) is 1.71. The van der Waals surface area contributed by atoms with Crippen molar-refractivity contribution in [1.82, 2.24) is 5.43 Å². The average molecular weight is 428 g/mol. The summed E-state index contributed by atoms with van der Waals surface area (Å²) in [6.07, 6.45) is 1.34. The first-order chi connectivity index (χ1) is 10.5. The van der Waals surface area contributed by atoms with Crippen LogP contribution in [-0.2, 0) is 0 Å². The van der Waals surface area contributed by atoms with Crippen molar-refractivity contribution in [3.05, 3.63) is 56.5 Å². The van der Waals surface area contributed by atoms with Gasteiger partial charge in [-0.2, -0.15) is 5.10 Å². The number of hydrazone groups is 1. The number of amides is 1. The van der Waals surface area contributed by atoms with Crippen molar-refractivity contribution in [2.45, 2.75) is 0 Å². The van der Waals surface area contributed by atoms with E-state index in [-0.39, 0.29) is 11.7 Å². The fourth-order valence-corrected chi connectivity index (χ4v) is 2.63. The third-order valence-corrected chi connectivity index (χ3v) is 3.93. The molecule has 2 aromatic rings. The molecule has 0 aromatic heterocycles. The van der Waals surface area contributed by atoms with E-state index in [1.807, 2.05) is 6.07 Å². The lowest BCUT2D eigenvalue weighted by Gasteiger charge is -2.07. The number of hydrogen-bond donors (Lipinski definition) is 2. The van der Waals surface area contributed by atoms with Gasteiger partial charge in [0.05, 0.1) is 18.9 Å². The maximum atomic E-state index is 12.0. The second-order valence-electron chi connectivity index (χ2n) is 4.22. The second kappa shape index (κ2) is 7.42. The van der Waals surface area contributed by atoms with E-state index in [2.05, 4.69) is 42.4 Å². The highest BCUT2D eigenvalue weighted by atomic mass is 79.9. The molecule has 22 heavy (non-hydrogen) atoms. The minimum absolute atomic E-state index is 0.0513. The molecule has 2 aromatic carbocycles. The highest BCUT2D eigenvalue weighted by molar-refractivity contribution is 9.10. The zero-order chi connectivity index (χ0) is 16.1. The van der Waals surface area contributed by atoms with E-state index in [1.165, 1.54) is 13.3 Å². The molecule has 5 nitrogen and oxygen atoms in total. The van der Waals surface area contributed by atoms with Gasteiger partial charge < -0.3 is 9.84 Å². The number of carbonyl (C=O) groups is 1. The van der Waals surface area contributed by atoms with Crippen LogP contribution in [0.4, 0.5) is 0 Å². The summed E-state index contributed by atoms with van der Waals surface area (Å²) < 4.78 is 6.44. The monoisotopic (exact) mass is 426 g/mol. The van der Waals surface area contributed by atoms with E-state index in [1.54, 1.807) is 30.3 Å². The van der Waals surface area contributed by atoms with Crippen molar-refractivity contribution in [1.29, 1.82) is 0 Å². The molecule has 0 bridgehead atoms. The summed E-state index contributed by atoms with van der Waals surface area (Å²) in [7, 11) is 1.46. The van der Waals surface area contributed by atoms with Gasteiger partial charge in [-0.05, 0) is 40.2 Å². The van der Waals surface area contributed by atoms with E-state index in [9.17, 15) is 9.90 Å². The first kappa shape index (κ1) is 16.5. The Kier molecular flexibility index (Phi) is 5.57. The minimum Gasteiger partial charge on any atom is -0.504 e. The summed E-state index contributed by atoms with van der Waals surface area (Å²) in [4.78, 5) is 12.0. The molecular formula is C15H12Br2N2O3. The number of aromatic hydroxyl groups is 1. The van der Waals surface area contributed by atoms with Crippen LogP contribution in [0.1, 0.15) is 15.9 Å². The highest BCUT2D eigenvalue weighted by Gasteiger charge is 2.10. The number of benzene rings is 2. The van der Waals surface area contributed by atoms with Gasteiger partial charge in [0.2, 0.25) is 0 Å². The van der Waals surface area contributed by atoms with Gasteiger partial charge in [0, 0.05) is 14.5 Å². The molecule has 0 aliphatic carbocycles. The molecule has 0 aliphatic heterocycles. The molecule has 0 radical (unpaired) electrons. The molecule has 0 aliphatic rings. The Labute approximate surface area is 144 Å². The maximum absolute atomic E-state index is 12.0. The van der Waals surface area contributed by atoms with Gasteiger partial charge in [0.1, 0.15) is 0 Å². The number of methoxy groups -OCH3 is 1. The van der Waals surface area contributed by atoms with Crippen LogP contribution in [-0.4, -0.2) is 24.3 Å². The number of nitrogens with one attached hydrogen (secondary N) is 1. The molecule has 7 heteroatoms. The van der Waals surface area contributed by atoms with Gasteiger partial charge in [-0.25, -0.2) is 5.43 Å². The van der Waals surface area contributed by atoms with Gasteiger partial charge in [0.25, 0.3) is 5.91 Å². The number of phenols is 1. The Balaban J connectivity index is 2.15. The van der Waals surface area contributed by atoms with Crippen molar-refractivity contribution in [2.75, 3.05) is 7.11 Å². The lowest BCUT2D eigenvalue weighted by molar-refractivity contribution is 0.0954. The number of rotatable bonds is 4. The zero-order valence-corrected chi connectivity index (χ0v) is 14.7. The molecule has 114 valence electrons. The first-order valence-corrected chi connectivity index (χ1v) is 7.76. The number of hydrogen-bond acceptors (Lipinski definition) is 4. The second-order valence-corrected chi connectivity index (χ2v) is 5.99. The van der Waals surface area contributed by atoms with E-state index < -0.39 is 0 Å². The number of nitrogens with zero attached hydrogens (tertiary/aromatic N) is 1. The molecule has 0 heterocycles. The molecule has 0 saturated heterocycles. The summed E-state index contributed by atoms with van der Waals surface area (Å²) in [5.41, 5.74) is 3.29. The Morgan fingerprint density at radius 1 is 1.32 bits per heavy atom. The largest absolute Gasteiger partial charge is 0.504 e. The van der Waals surface area contributed by atoms with E-state index >= 15 is 0 Å². The van der Waals surface area contributed by atoms with Crippen LogP contribution >= 0.6 is 31.9 Å². The normalized spacial score (nSPS) is 10.7. The molecular weight excluding hydrogens is 416 g/mol. The first-order valence-electron chi connectivity index (χ1n) is 6.17. The molecule has 2 rings (SSSR count). The summed E-state index contributed by atoms with van der Waals surface area (Å²) in [5, 5.41) is 13.8. The van der Waals surface area contributed by atoms with Gasteiger partial charge >= 0.3 is 0 Å². The van der Waals surface area contributed by atoms with Crippen LogP contribution in [0.3, 0.4) is 0 Å². The zero-order valence-electron chi connectivity index (χ0n) is 11.5. The standard InChI is InChI=1S/C15H12Br2N2O3/c1-22-13-7-10(16)6-9(14(13)20)8-18-19-15(21)11-4-2-3-5-12(11)17/h2-8,20H,1H3,(H,19,21)/b18-8+. The van der Waals surface area contributed by atoms with Crippen molar-refractivity contribution < 1.29 is 14.6 Å². The van der Waals surface area contributed by atoms with Gasteiger partial charge in [-0.15, -0.1) is 0 Å². The molecule has 0 fully saturated rings. The number of carbonyl (C=O) groups excluding carboxylic acids is 1. The Morgan fingerprint density at radius 2 is 2.05 bits per heavy atom. The SMILES string of the molecule is COc1cc(Br)cc(/C=N/NC(=O)c2ccccc2Br)c1O. The van der Waals surface area contributed by atoms with Crippen molar-refractivity contribution >= 4 is 44.0 Å². The van der Waals surface area contributed by atoms with E-state index in [0.29, 0.717) is 21.3 Å². The topological polar surface area (TPSA) is 70.9 Å². The summed E-state index contributed by atoms with van der Waals surface area (Å²) in [5.74, 6) is -0.0947. The number of halogens is 2.